The Morgan fingerprint density at radius 2 is 1.78 bits per heavy atom. The molecule has 2 heterocycles. The van der Waals surface area contributed by atoms with Gasteiger partial charge in [-0.15, -0.1) is 0 Å². The summed E-state index contributed by atoms with van der Waals surface area (Å²) in [4.78, 5) is 31.1. The van der Waals surface area contributed by atoms with Crippen molar-refractivity contribution in [1.82, 2.24) is 10.2 Å². The lowest BCUT2D eigenvalue weighted by Crippen LogP contribution is -2.32. The van der Waals surface area contributed by atoms with Gasteiger partial charge in [0, 0.05) is 18.7 Å². The van der Waals surface area contributed by atoms with E-state index in [-0.39, 0.29) is 11.8 Å². The molecule has 0 aromatic heterocycles. The summed E-state index contributed by atoms with van der Waals surface area (Å²) < 4.78 is 13.2. The van der Waals surface area contributed by atoms with Gasteiger partial charge in [0.05, 0.1) is 31.8 Å². The Balaban J connectivity index is 1.47. The number of hydrogen-bond donors (Lipinski definition) is 1. The summed E-state index contributed by atoms with van der Waals surface area (Å²) in [6.07, 6.45) is 6.08. The second kappa shape index (κ2) is 10.4. The van der Waals surface area contributed by atoms with E-state index >= 15 is 0 Å². The van der Waals surface area contributed by atoms with Crippen molar-refractivity contribution in [3.05, 3.63) is 53.6 Å². The molecule has 1 N–H and O–H groups in total. The van der Waals surface area contributed by atoms with Crippen LogP contribution in [0.3, 0.4) is 0 Å². The number of hydrogen-bond acceptors (Lipinski definition) is 4. The molecule has 2 aromatic carbocycles. The maximum absolute atomic E-state index is 13.2. The molecular formula is C25H31N3O3S. The van der Waals surface area contributed by atoms with E-state index in [1.165, 1.54) is 25.7 Å². The molecule has 6 nitrogen and oxygen atoms in total. The summed E-state index contributed by atoms with van der Waals surface area (Å²) >= 11 is 0. The van der Waals surface area contributed by atoms with Gasteiger partial charge in [0.15, 0.2) is 0 Å². The van der Waals surface area contributed by atoms with Crippen LogP contribution < -0.4 is 10.2 Å². The standard InChI is InChI=1S/C25H31N3O3S/c1-2-28-21-18-19(24(29)26-14-9-17-27-15-7-3-4-8-16-27)12-13-23(21)32(31)22-11-6-5-10-20(22)25(28)30/h5-6,10-13,18H,2-4,7-9,14-17H2,1H3,(H,26,29)/t32-/m0/s1. The average molecular weight is 454 g/mol. The number of benzene rings is 2. The summed E-state index contributed by atoms with van der Waals surface area (Å²) in [6.45, 7) is 6.23. The molecule has 170 valence electrons. The van der Waals surface area contributed by atoms with E-state index in [0.717, 1.165) is 26.1 Å². The molecule has 0 unspecified atom stereocenters. The van der Waals surface area contributed by atoms with E-state index in [9.17, 15) is 13.8 Å². The van der Waals surface area contributed by atoms with Crippen molar-refractivity contribution < 1.29 is 13.8 Å². The largest absolute Gasteiger partial charge is 0.352 e. The topological polar surface area (TPSA) is 69.7 Å². The zero-order valence-electron chi connectivity index (χ0n) is 18.6. The predicted octanol–water partition coefficient (Wildman–Crippen LogP) is 3.83. The van der Waals surface area contributed by atoms with Crippen LogP contribution in [0.1, 0.15) is 59.7 Å². The van der Waals surface area contributed by atoms with E-state index in [0.29, 0.717) is 39.7 Å². The first-order valence-electron chi connectivity index (χ1n) is 11.6. The van der Waals surface area contributed by atoms with Gasteiger partial charge in [0.2, 0.25) is 0 Å². The summed E-state index contributed by atoms with van der Waals surface area (Å²) in [7, 11) is -1.48. The molecular weight excluding hydrogens is 422 g/mol. The van der Waals surface area contributed by atoms with Crippen LogP contribution in [-0.4, -0.2) is 53.6 Å². The third-order valence-electron chi connectivity index (χ3n) is 6.23. The zero-order chi connectivity index (χ0) is 22.5. The Bertz CT molecular complexity index is 1020. The molecule has 0 bridgehead atoms. The Kier molecular flexibility index (Phi) is 7.37. The second-order valence-electron chi connectivity index (χ2n) is 8.36. The number of likely N-dealkylation sites (tertiary alicyclic amines) is 1. The maximum Gasteiger partial charge on any atom is 0.259 e. The van der Waals surface area contributed by atoms with E-state index < -0.39 is 10.8 Å². The predicted molar refractivity (Wildman–Crippen MR) is 127 cm³/mol. The number of carbonyl (C=O) groups excluding carboxylic acids is 2. The van der Waals surface area contributed by atoms with Crippen molar-refractivity contribution in [1.29, 1.82) is 0 Å². The lowest BCUT2D eigenvalue weighted by Gasteiger charge is -2.22. The highest BCUT2D eigenvalue weighted by atomic mass is 32.2. The highest BCUT2D eigenvalue weighted by Crippen LogP contribution is 2.35. The van der Waals surface area contributed by atoms with E-state index in [2.05, 4.69) is 10.2 Å². The third-order valence-corrected chi connectivity index (χ3v) is 7.73. The number of nitrogens with zero attached hydrogens (tertiary/aromatic N) is 2. The first-order valence-corrected chi connectivity index (χ1v) is 12.7. The Hall–Kier alpha value is -2.51. The molecule has 2 aliphatic rings. The number of carbonyl (C=O) groups is 2. The van der Waals surface area contributed by atoms with Gasteiger partial charge in [-0.1, -0.05) is 25.0 Å². The van der Waals surface area contributed by atoms with E-state index in [4.69, 9.17) is 0 Å². The first kappa shape index (κ1) is 22.7. The van der Waals surface area contributed by atoms with Crippen LogP contribution in [0.25, 0.3) is 0 Å². The van der Waals surface area contributed by atoms with Crippen LogP contribution in [0.15, 0.2) is 52.3 Å². The van der Waals surface area contributed by atoms with Crippen molar-refractivity contribution in [2.75, 3.05) is 37.6 Å². The zero-order valence-corrected chi connectivity index (χ0v) is 19.5. The molecule has 0 aliphatic carbocycles. The van der Waals surface area contributed by atoms with Crippen molar-refractivity contribution in [3.63, 3.8) is 0 Å². The molecule has 4 rings (SSSR count). The SMILES string of the molecule is CCN1C(=O)c2ccccc2[S@](=O)c2ccc(C(=O)NCCCN3CCCCCC3)cc21. The summed E-state index contributed by atoms with van der Waals surface area (Å²) in [5, 5.41) is 3.00. The number of anilines is 1. The Labute approximate surface area is 192 Å². The highest BCUT2D eigenvalue weighted by molar-refractivity contribution is 7.85. The van der Waals surface area contributed by atoms with Gasteiger partial charge in [0.1, 0.15) is 0 Å². The summed E-state index contributed by atoms with van der Waals surface area (Å²) in [6, 6.07) is 12.1. The minimum absolute atomic E-state index is 0.167. The van der Waals surface area contributed by atoms with Gasteiger partial charge >= 0.3 is 0 Å². The molecule has 2 aliphatic heterocycles. The molecule has 2 aromatic rings. The average Bonchev–Trinajstić information content (AvgIpc) is 3.14. The van der Waals surface area contributed by atoms with Crippen molar-refractivity contribution in [2.24, 2.45) is 0 Å². The number of amides is 2. The van der Waals surface area contributed by atoms with E-state index in [1.807, 2.05) is 6.92 Å². The maximum atomic E-state index is 13.2. The fraction of sp³-hybridized carbons (Fsp3) is 0.440. The van der Waals surface area contributed by atoms with Gasteiger partial charge in [-0.2, -0.15) is 0 Å². The van der Waals surface area contributed by atoms with Gasteiger partial charge < -0.3 is 15.1 Å². The fourth-order valence-electron chi connectivity index (χ4n) is 4.48. The molecule has 32 heavy (non-hydrogen) atoms. The van der Waals surface area contributed by atoms with Crippen LogP contribution in [0.2, 0.25) is 0 Å². The lowest BCUT2D eigenvalue weighted by atomic mass is 10.1. The molecule has 7 heteroatoms. The van der Waals surface area contributed by atoms with Crippen LogP contribution in [0, 0.1) is 0 Å². The second-order valence-corrected chi connectivity index (χ2v) is 9.78. The Morgan fingerprint density at radius 3 is 2.53 bits per heavy atom. The van der Waals surface area contributed by atoms with Gasteiger partial charge in [-0.25, -0.2) is 4.21 Å². The smallest absolute Gasteiger partial charge is 0.259 e. The number of rotatable bonds is 6. The lowest BCUT2D eigenvalue weighted by molar-refractivity contribution is 0.0948. The molecule has 0 radical (unpaired) electrons. The monoisotopic (exact) mass is 453 g/mol. The van der Waals surface area contributed by atoms with Gasteiger partial charge in [-0.3, -0.25) is 9.59 Å². The number of fused-ring (bicyclic) bond motifs is 2. The normalized spacial score (nSPS) is 19.0. The number of nitrogens with one attached hydrogen (secondary N) is 1. The molecule has 1 atom stereocenters. The van der Waals surface area contributed by atoms with E-state index in [1.54, 1.807) is 47.4 Å². The fourth-order valence-corrected chi connectivity index (χ4v) is 5.83. The summed E-state index contributed by atoms with van der Waals surface area (Å²) in [5.41, 5.74) is 1.47. The first-order chi connectivity index (χ1) is 15.6. The van der Waals surface area contributed by atoms with Crippen LogP contribution in [-0.2, 0) is 10.8 Å². The third kappa shape index (κ3) is 4.79. The Morgan fingerprint density at radius 1 is 1.03 bits per heavy atom. The highest BCUT2D eigenvalue weighted by Gasteiger charge is 2.30. The van der Waals surface area contributed by atoms with Gasteiger partial charge in [-0.05, 0) is 76.2 Å². The van der Waals surface area contributed by atoms with Crippen LogP contribution in [0.4, 0.5) is 5.69 Å². The quantitative estimate of drug-likeness (QED) is 0.675. The molecule has 1 saturated heterocycles. The van der Waals surface area contributed by atoms with Crippen molar-refractivity contribution >= 4 is 28.3 Å². The van der Waals surface area contributed by atoms with Crippen LogP contribution in [0.5, 0.6) is 0 Å². The molecule has 0 spiro atoms. The minimum atomic E-state index is -1.48. The van der Waals surface area contributed by atoms with Gasteiger partial charge in [0.25, 0.3) is 11.8 Å². The molecule has 0 saturated carbocycles. The van der Waals surface area contributed by atoms with Crippen molar-refractivity contribution in [2.45, 2.75) is 48.8 Å². The summed E-state index contributed by atoms with van der Waals surface area (Å²) in [5.74, 6) is -0.357. The van der Waals surface area contributed by atoms with Crippen LogP contribution >= 0.6 is 0 Å². The van der Waals surface area contributed by atoms with Crippen molar-refractivity contribution in [3.8, 4) is 0 Å². The molecule has 2 amide bonds. The minimum Gasteiger partial charge on any atom is -0.352 e. The molecule has 1 fully saturated rings.